The predicted octanol–water partition coefficient (Wildman–Crippen LogP) is 0.866. The second kappa shape index (κ2) is 5.69. The van der Waals surface area contributed by atoms with Gasteiger partial charge in [0.1, 0.15) is 0 Å². The monoisotopic (exact) mass is 200 g/mol. The van der Waals surface area contributed by atoms with E-state index in [1.54, 1.807) is 0 Å². The van der Waals surface area contributed by atoms with Gasteiger partial charge in [-0.05, 0) is 19.4 Å². The highest BCUT2D eigenvalue weighted by molar-refractivity contribution is 4.95. The summed E-state index contributed by atoms with van der Waals surface area (Å²) >= 11 is 0. The number of rotatable bonds is 5. The van der Waals surface area contributed by atoms with Gasteiger partial charge in [0, 0.05) is 24.6 Å². The van der Waals surface area contributed by atoms with Crippen LogP contribution >= 0.6 is 0 Å². The predicted molar refractivity (Wildman–Crippen MR) is 59.1 cm³/mol. The van der Waals surface area contributed by atoms with Gasteiger partial charge in [0.25, 0.3) is 0 Å². The standard InChI is InChI=1S/C11H24N2O/c1-2-3-4-5-11(12)6-7-13-8-10(11)9-14/h10,13-14H,2-9,12H2,1H3. The highest BCUT2D eigenvalue weighted by Gasteiger charge is 2.35. The molecule has 0 bridgehead atoms. The molecule has 0 radical (unpaired) electrons. The molecule has 2 atom stereocenters. The van der Waals surface area contributed by atoms with Crippen molar-refractivity contribution in [1.82, 2.24) is 5.32 Å². The van der Waals surface area contributed by atoms with Crippen LogP contribution in [-0.2, 0) is 0 Å². The second-order valence-corrected chi connectivity index (χ2v) is 4.52. The minimum absolute atomic E-state index is 0.116. The van der Waals surface area contributed by atoms with Crippen molar-refractivity contribution in [2.75, 3.05) is 19.7 Å². The zero-order chi connectivity index (χ0) is 10.4. The summed E-state index contributed by atoms with van der Waals surface area (Å²) < 4.78 is 0. The van der Waals surface area contributed by atoms with E-state index < -0.39 is 0 Å². The minimum Gasteiger partial charge on any atom is -0.396 e. The van der Waals surface area contributed by atoms with Gasteiger partial charge in [-0.1, -0.05) is 26.2 Å². The van der Waals surface area contributed by atoms with Gasteiger partial charge >= 0.3 is 0 Å². The smallest absolute Gasteiger partial charge is 0.0489 e. The molecule has 0 spiro atoms. The van der Waals surface area contributed by atoms with Crippen molar-refractivity contribution in [2.45, 2.75) is 44.6 Å². The van der Waals surface area contributed by atoms with Crippen molar-refractivity contribution >= 4 is 0 Å². The molecule has 0 aromatic rings. The summed E-state index contributed by atoms with van der Waals surface area (Å²) in [4.78, 5) is 0. The molecule has 0 aromatic carbocycles. The molecular formula is C11H24N2O. The van der Waals surface area contributed by atoms with Gasteiger partial charge in [0.15, 0.2) is 0 Å². The van der Waals surface area contributed by atoms with Crippen LogP contribution in [0.3, 0.4) is 0 Å². The lowest BCUT2D eigenvalue weighted by molar-refractivity contribution is 0.111. The SMILES string of the molecule is CCCCCC1(N)CCNCC1CO. The van der Waals surface area contributed by atoms with Gasteiger partial charge in [0.05, 0.1) is 0 Å². The van der Waals surface area contributed by atoms with Gasteiger partial charge in [-0.25, -0.2) is 0 Å². The highest BCUT2D eigenvalue weighted by atomic mass is 16.3. The van der Waals surface area contributed by atoms with E-state index in [1.165, 1.54) is 19.3 Å². The lowest BCUT2D eigenvalue weighted by atomic mass is 9.76. The number of hydrogen-bond acceptors (Lipinski definition) is 3. The fourth-order valence-corrected chi connectivity index (χ4v) is 2.28. The highest BCUT2D eigenvalue weighted by Crippen LogP contribution is 2.27. The minimum atomic E-state index is -0.116. The first kappa shape index (κ1) is 12.0. The molecule has 3 heteroatoms. The zero-order valence-corrected chi connectivity index (χ0v) is 9.26. The molecule has 1 aliphatic heterocycles. The maximum absolute atomic E-state index is 9.26. The molecule has 2 unspecified atom stereocenters. The van der Waals surface area contributed by atoms with Crippen molar-refractivity contribution in [3.8, 4) is 0 Å². The first-order chi connectivity index (χ1) is 6.73. The van der Waals surface area contributed by atoms with E-state index in [0.717, 1.165) is 25.9 Å². The number of hydrogen-bond donors (Lipinski definition) is 3. The van der Waals surface area contributed by atoms with Gasteiger partial charge in [-0.2, -0.15) is 0 Å². The van der Waals surface area contributed by atoms with Crippen LogP contribution < -0.4 is 11.1 Å². The third-order valence-electron chi connectivity index (χ3n) is 3.44. The summed E-state index contributed by atoms with van der Waals surface area (Å²) in [6, 6.07) is 0. The summed E-state index contributed by atoms with van der Waals surface area (Å²) in [5.74, 6) is 0.244. The fourth-order valence-electron chi connectivity index (χ4n) is 2.28. The normalized spacial score (nSPS) is 33.2. The second-order valence-electron chi connectivity index (χ2n) is 4.52. The van der Waals surface area contributed by atoms with Crippen molar-refractivity contribution in [3.63, 3.8) is 0 Å². The molecule has 14 heavy (non-hydrogen) atoms. The van der Waals surface area contributed by atoms with E-state index in [-0.39, 0.29) is 18.1 Å². The summed E-state index contributed by atoms with van der Waals surface area (Å²) in [6.45, 7) is 4.29. The van der Waals surface area contributed by atoms with Crippen LogP contribution in [0.4, 0.5) is 0 Å². The third-order valence-corrected chi connectivity index (χ3v) is 3.44. The number of aliphatic hydroxyl groups is 1. The quantitative estimate of drug-likeness (QED) is 0.577. The third kappa shape index (κ3) is 2.94. The summed E-state index contributed by atoms with van der Waals surface area (Å²) in [5, 5.41) is 12.6. The average molecular weight is 200 g/mol. The lowest BCUT2D eigenvalue weighted by Crippen LogP contribution is -2.57. The summed E-state index contributed by atoms with van der Waals surface area (Å²) in [7, 11) is 0. The maximum atomic E-state index is 9.26. The first-order valence-electron chi connectivity index (χ1n) is 5.83. The van der Waals surface area contributed by atoms with Crippen molar-refractivity contribution in [1.29, 1.82) is 0 Å². The van der Waals surface area contributed by atoms with E-state index in [2.05, 4.69) is 12.2 Å². The molecule has 1 heterocycles. The summed E-state index contributed by atoms with van der Waals surface area (Å²) in [5.41, 5.74) is 6.24. The first-order valence-corrected chi connectivity index (χ1v) is 5.83. The molecule has 1 saturated heterocycles. The van der Waals surface area contributed by atoms with Crippen LogP contribution in [0.25, 0.3) is 0 Å². The number of aliphatic hydroxyl groups excluding tert-OH is 1. The van der Waals surface area contributed by atoms with Crippen LogP contribution in [0.15, 0.2) is 0 Å². The molecule has 0 aromatic heterocycles. The number of nitrogens with two attached hydrogens (primary N) is 1. The zero-order valence-electron chi connectivity index (χ0n) is 9.26. The molecule has 84 valence electrons. The Hall–Kier alpha value is -0.120. The van der Waals surface area contributed by atoms with Crippen molar-refractivity contribution in [2.24, 2.45) is 11.7 Å². The Bertz CT molecular complexity index is 163. The lowest BCUT2D eigenvalue weighted by Gasteiger charge is -2.41. The molecule has 3 nitrogen and oxygen atoms in total. The Kier molecular flexibility index (Phi) is 4.85. The van der Waals surface area contributed by atoms with Crippen LogP contribution in [0.5, 0.6) is 0 Å². The van der Waals surface area contributed by atoms with Crippen LogP contribution in [0.2, 0.25) is 0 Å². The Balaban J connectivity index is 2.41. The summed E-state index contributed by atoms with van der Waals surface area (Å²) in [6.07, 6.45) is 5.75. The van der Waals surface area contributed by atoms with E-state index in [0.29, 0.717) is 0 Å². The largest absolute Gasteiger partial charge is 0.396 e. The Morgan fingerprint density at radius 2 is 2.29 bits per heavy atom. The van der Waals surface area contributed by atoms with Crippen molar-refractivity contribution in [3.05, 3.63) is 0 Å². The molecule has 0 saturated carbocycles. The van der Waals surface area contributed by atoms with Crippen molar-refractivity contribution < 1.29 is 5.11 Å². The maximum Gasteiger partial charge on any atom is 0.0489 e. The van der Waals surface area contributed by atoms with Gasteiger partial charge in [-0.3, -0.25) is 0 Å². The topological polar surface area (TPSA) is 58.3 Å². The van der Waals surface area contributed by atoms with Crippen LogP contribution in [-0.4, -0.2) is 30.3 Å². The van der Waals surface area contributed by atoms with Gasteiger partial charge in [-0.15, -0.1) is 0 Å². The Morgan fingerprint density at radius 1 is 1.50 bits per heavy atom. The Labute approximate surface area is 87.1 Å². The molecule has 1 aliphatic rings. The Morgan fingerprint density at radius 3 is 2.93 bits per heavy atom. The van der Waals surface area contributed by atoms with E-state index >= 15 is 0 Å². The molecule has 0 amide bonds. The number of unbranched alkanes of at least 4 members (excludes halogenated alkanes) is 2. The van der Waals surface area contributed by atoms with Crippen LogP contribution in [0.1, 0.15) is 39.0 Å². The number of nitrogens with one attached hydrogen (secondary N) is 1. The average Bonchev–Trinajstić information content (AvgIpc) is 2.19. The van der Waals surface area contributed by atoms with Gasteiger partial charge in [0.2, 0.25) is 0 Å². The van der Waals surface area contributed by atoms with E-state index in [1.807, 2.05) is 0 Å². The van der Waals surface area contributed by atoms with E-state index in [4.69, 9.17) is 5.73 Å². The molecule has 0 aliphatic carbocycles. The number of piperidine rings is 1. The van der Waals surface area contributed by atoms with E-state index in [9.17, 15) is 5.11 Å². The molecular weight excluding hydrogens is 176 g/mol. The van der Waals surface area contributed by atoms with Gasteiger partial charge < -0.3 is 16.2 Å². The molecule has 4 N–H and O–H groups in total. The molecule has 1 rings (SSSR count). The fraction of sp³-hybridized carbons (Fsp3) is 1.00. The van der Waals surface area contributed by atoms with Crippen LogP contribution in [0, 0.1) is 5.92 Å². The molecule has 1 fully saturated rings.